The average molecular weight is 231 g/mol. The van der Waals surface area contributed by atoms with Gasteiger partial charge in [-0.1, -0.05) is 38.1 Å². The van der Waals surface area contributed by atoms with Gasteiger partial charge in [0.25, 0.3) is 0 Å². The van der Waals surface area contributed by atoms with Gasteiger partial charge in [-0.3, -0.25) is 0 Å². The Balaban J connectivity index is 2.29. The van der Waals surface area contributed by atoms with Gasteiger partial charge in [0.05, 0.1) is 0 Å². The van der Waals surface area contributed by atoms with E-state index in [1.807, 2.05) is 0 Å². The molecule has 1 aromatic rings. The Bertz CT molecular complexity index is 373. The van der Waals surface area contributed by atoms with Gasteiger partial charge in [0, 0.05) is 11.5 Å². The molecule has 2 rings (SSSR count). The largest absolute Gasteiger partial charge is 0.327 e. The molecule has 0 bridgehead atoms. The van der Waals surface area contributed by atoms with E-state index in [2.05, 4.69) is 45.0 Å². The molecule has 1 atom stereocenters. The minimum Gasteiger partial charge on any atom is -0.327 e. The van der Waals surface area contributed by atoms with Crippen LogP contribution in [0.3, 0.4) is 0 Å². The van der Waals surface area contributed by atoms with E-state index in [1.165, 1.54) is 36.8 Å². The van der Waals surface area contributed by atoms with E-state index in [9.17, 15) is 0 Å². The molecule has 0 amide bonds. The second-order valence-electron chi connectivity index (χ2n) is 5.58. The van der Waals surface area contributed by atoms with Gasteiger partial charge in [0.1, 0.15) is 0 Å². The Hall–Kier alpha value is -0.820. The first-order valence-electron chi connectivity index (χ1n) is 7.00. The lowest BCUT2D eigenvalue weighted by Gasteiger charge is -2.22. The fourth-order valence-electron chi connectivity index (χ4n) is 3.00. The molecule has 1 fully saturated rings. The molecule has 1 aliphatic rings. The van der Waals surface area contributed by atoms with E-state index in [0.29, 0.717) is 11.3 Å². The van der Waals surface area contributed by atoms with Crippen LogP contribution in [0.2, 0.25) is 0 Å². The van der Waals surface area contributed by atoms with Gasteiger partial charge in [0.15, 0.2) is 0 Å². The summed E-state index contributed by atoms with van der Waals surface area (Å²) >= 11 is 0. The molecule has 17 heavy (non-hydrogen) atoms. The minimum absolute atomic E-state index is 0.277. The lowest BCUT2D eigenvalue weighted by atomic mass is 9.85. The van der Waals surface area contributed by atoms with Gasteiger partial charge in [-0.25, -0.2) is 0 Å². The first-order chi connectivity index (χ1) is 8.14. The van der Waals surface area contributed by atoms with Crippen molar-refractivity contribution in [2.24, 2.45) is 5.73 Å². The van der Waals surface area contributed by atoms with Crippen molar-refractivity contribution < 1.29 is 0 Å². The summed E-state index contributed by atoms with van der Waals surface area (Å²) in [6.45, 7) is 6.70. The topological polar surface area (TPSA) is 26.0 Å². The Morgan fingerprint density at radius 3 is 2.35 bits per heavy atom. The fourth-order valence-corrected chi connectivity index (χ4v) is 3.00. The maximum absolute atomic E-state index is 6.16. The van der Waals surface area contributed by atoms with Crippen molar-refractivity contribution in [3.8, 4) is 0 Å². The van der Waals surface area contributed by atoms with Gasteiger partial charge in [-0.05, 0) is 49.7 Å². The zero-order valence-electron chi connectivity index (χ0n) is 11.4. The van der Waals surface area contributed by atoms with E-state index >= 15 is 0 Å². The third-order valence-electron chi connectivity index (χ3n) is 4.58. The number of hydrogen-bond donors (Lipinski definition) is 1. The summed E-state index contributed by atoms with van der Waals surface area (Å²) in [4.78, 5) is 0. The summed E-state index contributed by atoms with van der Waals surface area (Å²) in [6.07, 6.45) is 4.98. The minimum atomic E-state index is 0.277. The lowest BCUT2D eigenvalue weighted by Crippen LogP contribution is -2.31. The summed E-state index contributed by atoms with van der Waals surface area (Å²) in [5.74, 6) is 0.707. The number of hydrogen-bond acceptors (Lipinski definition) is 1. The Morgan fingerprint density at radius 2 is 1.88 bits per heavy atom. The quantitative estimate of drug-likeness (QED) is 0.815. The normalized spacial score (nSPS) is 19.4. The van der Waals surface area contributed by atoms with E-state index in [0.717, 1.165) is 0 Å². The molecule has 1 saturated carbocycles. The van der Waals surface area contributed by atoms with E-state index in [4.69, 9.17) is 5.73 Å². The summed E-state index contributed by atoms with van der Waals surface area (Å²) in [5, 5.41) is 0. The van der Waals surface area contributed by atoms with Crippen LogP contribution in [0.15, 0.2) is 24.3 Å². The Labute approximate surface area is 105 Å². The molecule has 0 spiro atoms. The van der Waals surface area contributed by atoms with Crippen molar-refractivity contribution in [2.45, 2.75) is 63.8 Å². The average Bonchev–Trinajstić information content (AvgIpc) is 3.12. The first-order valence-corrected chi connectivity index (χ1v) is 7.00. The predicted octanol–water partition coefficient (Wildman–Crippen LogP) is 3.97. The van der Waals surface area contributed by atoms with E-state index in [-0.39, 0.29) is 6.04 Å². The van der Waals surface area contributed by atoms with Crippen LogP contribution in [0.5, 0.6) is 0 Å². The molecule has 2 N–H and O–H groups in total. The van der Waals surface area contributed by atoms with Gasteiger partial charge < -0.3 is 5.73 Å². The molecule has 1 heteroatoms. The molecule has 1 aromatic carbocycles. The maximum atomic E-state index is 6.16. The van der Waals surface area contributed by atoms with Crippen LogP contribution in [0.25, 0.3) is 0 Å². The highest BCUT2D eigenvalue weighted by Crippen LogP contribution is 2.50. The van der Waals surface area contributed by atoms with Crippen molar-refractivity contribution in [3.05, 3.63) is 35.4 Å². The summed E-state index contributed by atoms with van der Waals surface area (Å²) in [6, 6.07) is 9.44. The van der Waals surface area contributed by atoms with Crippen molar-refractivity contribution in [3.63, 3.8) is 0 Å². The van der Waals surface area contributed by atoms with Crippen LogP contribution >= 0.6 is 0 Å². The zero-order valence-corrected chi connectivity index (χ0v) is 11.4. The molecule has 0 aromatic heterocycles. The molecule has 1 unspecified atom stereocenters. The predicted molar refractivity (Wildman–Crippen MR) is 74.3 cm³/mol. The molecule has 1 aliphatic carbocycles. The van der Waals surface area contributed by atoms with Crippen LogP contribution in [0, 0.1) is 0 Å². The lowest BCUT2D eigenvalue weighted by molar-refractivity contribution is 0.554. The van der Waals surface area contributed by atoms with Crippen molar-refractivity contribution in [2.75, 3.05) is 0 Å². The second kappa shape index (κ2) is 4.81. The summed E-state index contributed by atoms with van der Waals surface area (Å²) in [7, 11) is 0. The number of nitrogens with two attached hydrogens (primary N) is 1. The van der Waals surface area contributed by atoms with Crippen molar-refractivity contribution in [1.29, 1.82) is 0 Å². The maximum Gasteiger partial charge on any atom is 0.0108 e. The van der Waals surface area contributed by atoms with Crippen molar-refractivity contribution >= 4 is 0 Å². The molecule has 0 radical (unpaired) electrons. The standard InChI is InChI=1S/C16H25N/c1-4-13(5-2)14-7-6-8-15(11-14)16(9-10-16)12(3)17/h6-8,11-13H,4-5,9-10,17H2,1-3H3. The molecular formula is C16H25N. The zero-order chi connectivity index (χ0) is 12.5. The number of rotatable bonds is 5. The highest BCUT2D eigenvalue weighted by atomic mass is 14.7. The van der Waals surface area contributed by atoms with Crippen LogP contribution in [0.4, 0.5) is 0 Å². The van der Waals surface area contributed by atoms with Crippen molar-refractivity contribution in [1.82, 2.24) is 0 Å². The van der Waals surface area contributed by atoms with Gasteiger partial charge >= 0.3 is 0 Å². The number of benzene rings is 1. The third kappa shape index (κ3) is 2.26. The second-order valence-corrected chi connectivity index (χ2v) is 5.58. The van der Waals surface area contributed by atoms with Crippen LogP contribution in [-0.4, -0.2) is 6.04 Å². The smallest absolute Gasteiger partial charge is 0.0108 e. The van der Waals surface area contributed by atoms with Crippen LogP contribution < -0.4 is 5.73 Å². The monoisotopic (exact) mass is 231 g/mol. The first kappa shape index (κ1) is 12.6. The molecule has 1 nitrogen and oxygen atoms in total. The summed E-state index contributed by atoms with van der Waals surface area (Å²) in [5.41, 5.74) is 9.42. The molecule has 94 valence electrons. The SMILES string of the molecule is CCC(CC)c1cccc(C2(C(C)N)CC2)c1. The van der Waals surface area contributed by atoms with E-state index in [1.54, 1.807) is 0 Å². The Morgan fingerprint density at radius 1 is 1.24 bits per heavy atom. The van der Waals surface area contributed by atoms with Crippen LogP contribution in [0.1, 0.15) is 63.5 Å². The molecular weight excluding hydrogens is 206 g/mol. The van der Waals surface area contributed by atoms with E-state index < -0.39 is 0 Å². The molecule has 0 heterocycles. The third-order valence-corrected chi connectivity index (χ3v) is 4.58. The Kier molecular flexibility index (Phi) is 3.58. The van der Waals surface area contributed by atoms with Gasteiger partial charge in [-0.2, -0.15) is 0 Å². The highest BCUT2D eigenvalue weighted by molar-refractivity contribution is 5.37. The van der Waals surface area contributed by atoms with Gasteiger partial charge in [0.2, 0.25) is 0 Å². The van der Waals surface area contributed by atoms with Crippen LogP contribution in [-0.2, 0) is 5.41 Å². The molecule has 0 saturated heterocycles. The fraction of sp³-hybridized carbons (Fsp3) is 0.625. The van der Waals surface area contributed by atoms with Gasteiger partial charge in [-0.15, -0.1) is 0 Å². The highest BCUT2D eigenvalue weighted by Gasteiger charge is 2.47. The summed E-state index contributed by atoms with van der Waals surface area (Å²) < 4.78 is 0. The molecule has 0 aliphatic heterocycles.